The van der Waals surface area contributed by atoms with Crippen LogP contribution in [0.5, 0.6) is 11.5 Å². The van der Waals surface area contributed by atoms with Crippen molar-refractivity contribution >= 4 is 17.6 Å². The van der Waals surface area contributed by atoms with Crippen molar-refractivity contribution in [3.63, 3.8) is 0 Å². The Bertz CT molecular complexity index is 620. The van der Waals surface area contributed by atoms with E-state index in [0.29, 0.717) is 44.3 Å². The van der Waals surface area contributed by atoms with E-state index in [1.807, 2.05) is 18.2 Å². The van der Waals surface area contributed by atoms with E-state index in [4.69, 9.17) is 9.47 Å². The molecular weight excluding hydrogens is 310 g/mol. The Kier molecular flexibility index (Phi) is 5.08. The monoisotopic (exact) mass is 333 g/mol. The third-order valence-electron chi connectivity index (χ3n) is 4.12. The maximum atomic E-state index is 12.5. The zero-order chi connectivity index (χ0) is 16.9. The van der Waals surface area contributed by atoms with E-state index in [-0.39, 0.29) is 18.5 Å². The van der Waals surface area contributed by atoms with Crippen LogP contribution in [0, 0.1) is 0 Å². The molecule has 0 saturated carbocycles. The van der Waals surface area contributed by atoms with Crippen LogP contribution in [-0.4, -0.2) is 56.2 Å². The zero-order valence-corrected chi connectivity index (χ0v) is 13.9. The lowest BCUT2D eigenvalue weighted by Gasteiger charge is -2.22. The van der Waals surface area contributed by atoms with Gasteiger partial charge in [0, 0.05) is 31.4 Å². The van der Waals surface area contributed by atoms with Gasteiger partial charge < -0.3 is 19.7 Å². The number of benzene rings is 1. The van der Waals surface area contributed by atoms with Crippen molar-refractivity contribution in [1.82, 2.24) is 10.2 Å². The van der Waals surface area contributed by atoms with E-state index in [0.717, 1.165) is 18.5 Å². The number of hydrogen-bond acceptors (Lipinski definition) is 4. The molecule has 0 atom stereocenters. The van der Waals surface area contributed by atoms with Crippen LogP contribution in [0.25, 0.3) is 0 Å². The Hall–Kier alpha value is -2.44. The maximum absolute atomic E-state index is 12.5. The number of nitrogens with one attached hydrogen (secondary N) is 1. The number of nitrogens with zero attached hydrogens (tertiary/aromatic N) is 2. The van der Waals surface area contributed by atoms with Crippen LogP contribution in [0.2, 0.25) is 0 Å². The number of ether oxygens (including phenoxy) is 2. The average Bonchev–Trinajstić information content (AvgIpc) is 2.95. The molecule has 3 rings (SSSR count). The summed E-state index contributed by atoms with van der Waals surface area (Å²) in [5.41, 5.74) is 0.762. The molecule has 1 N–H and O–H groups in total. The van der Waals surface area contributed by atoms with Gasteiger partial charge in [0.25, 0.3) is 0 Å². The van der Waals surface area contributed by atoms with Crippen molar-refractivity contribution in [1.29, 1.82) is 0 Å². The van der Waals surface area contributed by atoms with E-state index in [9.17, 15) is 9.59 Å². The van der Waals surface area contributed by atoms with Crippen LogP contribution < -0.4 is 19.7 Å². The number of hydrogen-bond donors (Lipinski definition) is 1. The first kappa shape index (κ1) is 16.4. The fourth-order valence-electron chi connectivity index (χ4n) is 2.80. The first-order chi connectivity index (χ1) is 11.7. The molecule has 3 amide bonds. The molecule has 2 aliphatic rings. The highest BCUT2D eigenvalue weighted by molar-refractivity contribution is 5.96. The number of fused-ring (bicyclic) bond motifs is 1. The Morgan fingerprint density at radius 1 is 1.21 bits per heavy atom. The normalized spacial score (nSPS) is 16.5. The molecule has 24 heavy (non-hydrogen) atoms. The predicted molar refractivity (Wildman–Crippen MR) is 89.7 cm³/mol. The molecule has 2 aliphatic heterocycles. The first-order valence-electron chi connectivity index (χ1n) is 8.42. The van der Waals surface area contributed by atoms with Gasteiger partial charge >= 0.3 is 6.03 Å². The van der Waals surface area contributed by atoms with Gasteiger partial charge in [0.15, 0.2) is 11.5 Å². The highest BCUT2D eigenvalue weighted by atomic mass is 16.6. The molecule has 1 aromatic carbocycles. The van der Waals surface area contributed by atoms with Gasteiger partial charge in [-0.05, 0) is 18.6 Å². The van der Waals surface area contributed by atoms with Crippen molar-refractivity contribution in [2.24, 2.45) is 0 Å². The topological polar surface area (TPSA) is 71.1 Å². The largest absolute Gasteiger partial charge is 0.486 e. The Balaban J connectivity index is 1.60. The standard InChI is InChI=1S/C17H23N3O4/c1-2-3-6-18-16(21)12-19-7-8-20(17(19)22)13-4-5-14-15(11-13)24-10-9-23-14/h4-5,11H,2-3,6-10,12H2,1H3,(H,18,21). The fraction of sp³-hybridized carbons (Fsp3) is 0.529. The molecule has 7 nitrogen and oxygen atoms in total. The number of anilines is 1. The molecule has 130 valence electrons. The Morgan fingerprint density at radius 3 is 2.79 bits per heavy atom. The number of amides is 3. The van der Waals surface area contributed by atoms with Crippen molar-refractivity contribution in [2.45, 2.75) is 19.8 Å². The van der Waals surface area contributed by atoms with Crippen molar-refractivity contribution < 1.29 is 19.1 Å². The summed E-state index contributed by atoms with van der Waals surface area (Å²) in [6.45, 7) is 4.97. The van der Waals surface area contributed by atoms with Gasteiger partial charge in [-0.1, -0.05) is 13.3 Å². The van der Waals surface area contributed by atoms with Crippen molar-refractivity contribution in [2.75, 3.05) is 44.3 Å². The summed E-state index contributed by atoms with van der Waals surface area (Å²) in [4.78, 5) is 27.7. The summed E-state index contributed by atoms with van der Waals surface area (Å²) in [5, 5.41) is 2.84. The molecule has 2 heterocycles. The first-order valence-corrected chi connectivity index (χ1v) is 8.42. The number of rotatable bonds is 6. The van der Waals surface area contributed by atoms with Gasteiger partial charge in [-0.15, -0.1) is 0 Å². The van der Waals surface area contributed by atoms with Crippen LogP contribution in [0.15, 0.2) is 18.2 Å². The van der Waals surface area contributed by atoms with Gasteiger partial charge in [0.1, 0.15) is 19.8 Å². The average molecular weight is 333 g/mol. The fourth-order valence-corrected chi connectivity index (χ4v) is 2.80. The van der Waals surface area contributed by atoms with Crippen LogP contribution in [0.3, 0.4) is 0 Å². The van der Waals surface area contributed by atoms with E-state index >= 15 is 0 Å². The van der Waals surface area contributed by atoms with Gasteiger partial charge in [-0.3, -0.25) is 9.69 Å². The van der Waals surface area contributed by atoms with Crippen LogP contribution >= 0.6 is 0 Å². The van der Waals surface area contributed by atoms with E-state index in [2.05, 4.69) is 12.2 Å². The number of carbonyl (C=O) groups is 2. The van der Waals surface area contributed by atoms with Crippen LogP contribution in [0.4, 0.5) is 10.5 Å². The van der Waals surface area contributed by atoms with E-state index < -0.39 is 0 Å². The Morgan fingerprint density at radius 2 is 2.00 bits per heavy atom. The minimum atomic E-state index is -0.155. The minimum absolute atomic E-state index is 0.101. The second kappa shape index (κ2) is 7.42. The molecule has 1 aromatic rings. The van der Waals surface area contributed by atoms with Crippen molar-refractivity contribution in [3.8, 4) is 11.5 Å². The molecule has 0 aliphatic carbocycles. The lowest BCUT2D eigenvalue weighted by molar-refractivity contribution is -0.121. The molecule has 0 spiro atoms. The lowest BCUT2D eigenvalue weighted by atomic mass is 10.2. The summed E-state index contributed by atoms with van der Waals surface area (Å²) in [6, 6.07) is 5.32. The minimum Gasteiger partial charge on any atom is -0.486 e. The highest BCUT2D eigenvalue weighted by Gasteiger charge is 2.31. The summed E-state index contributed by atoms with van der Waals surface area (Å²) in [6.07, 6.45) is 1.98. The third-order valence-corrected chi connectivity index (χ3v) is 4.12. The van der Waals surface area contributed by atoms with E-state index in [1.54, 1.807) is 9.80 Å². The van der Waals surface area contributed by atoms with Gasteiger partial charge in [-0.25, -0.2) is 4.79 Å². The molecule has 7 heteroatoms. The quantitative estimate of drug-likeness (QED) is 0.803. The van der Waals surface area contributed by atoms with Crippen LogP contribution in [-0.2, 0) is 4.79 Å². The SMILES string of the molecule is CCCCNC(=O)CN1CCN(c2ccc3c(c2)OCCO3)C1=O. The van der Waals surface area contributed by atoms with Crippen LogP contribution in [0.1, 0.15) is 19.8 Å². The van der Waals surface area contributed by atoms with Gasteiger partial charge in [0.2, 0.25) is 5.91 Å². The highest BCUT2D eigenvalue weighted by Crippen LogP contribution is 2.34. The molecular formula is C17H23N3O4. The summed E-state index contributed by atoms with van der Waals surface area (Å²) < 4.78 is 11.1. The molecule has 0 unspecified atom stereocenters. The van der Waals surface area contributed by atoms with Crippen molar-refractivity contribution in [3.05, 3.63) is 18.2 Å². The molecule has 0 aromatic heterocycles. The molecule has 0 radical (unpaired) electrons. The second-order valence-corrected chi connectivity index (χ2v) is 5.89. The zero-order valence-electron chi connectivity index (χ0n) is 13.9. The predicted octanol–water partition coefficient (Wildman–Crippen LogP) is 1.62. The second-order valence-electron chi connectivity index (χ2n) is 5.89. The van der Waals surface area contributed by atoms with Gasteiger partial charge in [0.05, 0.1) is 0 Å². The Labute approximate surface area is 141 Å². The maximum Gasteiger partial charge on any atom is 0.325 e. The molecule has 1 fully saturated rings. The smallest absolute Gasteiger partial charge is 0.325 e. The molecule has 1 saturated heterocycles. The summed E-state index contributed by atoms with van der Waals surface area (Å²) in [7, 11) is 0. The summed E-state index contributed by atoms with van der Waals surface area (Å²) in [5.74, 6) is 1.24. The third kappa shape index (κ3) is 3.55. The number of unbranched alkanes of at least 4 members (excludes halogenated alkanes) is 1. The van der Waals surface area contributed by atoms with Gasteiger partial charge in [-0.2, -0.15) is 0 Å². The molecule has 0 bridgehead atoms. The van der Waals surface area contributed by atoms with E-state index in [1.165, 1.54) is 0 Å². The number of urea groups is 1. The lowest BCUT2D eigenvalue weighted by Crippen LogP contribution is -2.40. The summed E-state index contributed by atoms with van der Waals surface area (Å²) >= 11 is 0. The number of carbonyl (C=O) groups excluding carboxylic acids is 2.